The second kappa shape index (κ2) is 9.25. The molecule has 1 aromatic heterocycles. The summed E-state index contributed by atoms with van der Waals surface area (Å²) in [7, 11) is 0. The number of carbonyl (C=O) groups excluding carboxylic acids is 1. The maximum atomic E-state index is 13.2. The fourth-order valence-corrected chi connectivity index (χ4v) is 3.97. The minimum absolute atomic E-state index is 0.0319. The highest BCUT2D eigenvalue weighted by Crippen LogP contribution is 2.33. The third-order valence-electron chi connectivity index (χ3n) is 5.48. The van der Waals surface area contributed by atoms with Crippen molar-refractivity contribution in [3.05, 3.63) is 47.8 Å². The number of fused-ring (bicyclic) bond motifs is 1. The van der Waals surface area contributed by atoms with Gasteiger partial charge in [-0.15, -0.1) is 0 Å². The number of rotatable bonds is 7. The number of amides is 2. The molecule has 1 aliphatic heterocycles. The summed E-state index contributed by atoms with van der Waals surface area (Å²) in [6.45, 7) is 12.9. The molecule has 2 heterocycles. The summed E-state index contributed by atoms with van der Waals surface area (Å²) in [5.74, 6) is 1.68. The van der Waals surface area contributed by atoms with E-state index in [1.54, 1.807) is 0 Å². The van der Waals surface area contributed by atoms with Gasteiger partial charge >= 0.3 is 6.03 Å². The maximum absolute atomic E-state index is 13.2. The van der Waals surface area contributed by atoms with Crippen LogP contribution in [-0.4, -0.2) is 35.3 Å². The van der Waals surface area contributed by atoms with Crippen LogP contribution in [0, 0.1) is 5.92 Å². The maximum Gasteiger partial charge on any atom is 0.318 e. The molecule has 1 aromatic carbocycles. The van der Waals surface area contributed by atoms with E-state index in [4.69, 9.17) is 9.47 Å². The monoisotopic (exact) mass is 399 g/mol. The van der Waals surface area contributed by atoms with Crippen molar-refractivity contribution >= 4 is 6.03 Å². The van der Waals surface area contributed by atoms with Crippen molar-refractivity contribution in [2.45, 2.75) is 53.2 Å². The molecule has 2 unspecified atom stereocenters. The number of nitrogens with one attached hydrogen (secondary N) is 1. The summed E-state index contributed by atoms with van der Waals surface area (Å²) >= 11 is 0. The number of carbonyl (C=O) groups is 1. The summed E-state index contributed by atoms with van der Waals surface area (Å²) in [4.78, 5) is 15.1. The minimum Gasteiger partial charge on any atom is -0.490 e. The van der Waals surface area contributed by atoms with E-state index < -0.39 is 0 Å². The van der Waals surface area contributed by atoms with Crippen LogP contribution in [0.2, 0.25) is 0 Å². The molecule has 6 nitrogen and oxygen atoms in total. The van der Waals surface area contributed by atoms with E-state index in [0.29, 0.717) is 19.8 Å². The van der Waals surface area contributed by atoms with E-state index in [1.807, 2.05) is 43.0 Å². The van der Waals surface area contributed by atoms with Gasteiger partial charge in [-0.1, -0.05) is 19.9 Å². The van der Waals surface area contributed by atoms with Gasteiger partial charge < -0.3 is 24.3 Å². The van der Waals surface area contributed by atoms with Crippen LogP contribution >= 0.6 is 0 Å². The molecule has 2 aromatic rings. The van der Waals surface area contributed by atoms with Crippen LogP contribution in [0.1, 0.15) is 58.0 Å². The van der Waals surface area contributed by atoms with Crippen molar-refractivity contribution in [3.63, 3.8) is 0 Å². The van der Waals surface area contributed by atoms with Crippen LogP contribution < -0.4 is 14.8 Å². The van der Waals surface area contributed by atoms with E-state index in [0.717, 1.165) is 23.6 Å². The van der Waals surface area contributed by atoms with Crippen molar-refractivity contribution in [1.82, 2.24) is 14.8 Å². The summed E-state index contributed by atoms with van der Waals surface area (Å²) in [6, 6.07) is 9.97. The van der Waals surface area contributed by atoms with E-state index in [2.05, 4.69) is 42.9 Å². The molecule has 1 aliphatic rings. The zero-order valence-corrected chi connectivity index (χ0v) is 18.1. The second-order valence-corrected chi connectivity index (χ2v) is 7.74. The van der Waals surface area contributed by atoms with Gasteiger partial charge in [-0.05, 0) is 56.5 Å². The fraction of sp³-hybridized carbons (Fsp3) is 0.522. The Morgan fingerprint density at radius 1 is 1.14 bits per heavy atom. The van der Waals surface area contributed by atoms with Gasteiger partial charge in [-0.2, -0.15) is 0 Å². The fourth-order valence-electron chi connectivity index (χ4n) is 3.97. The molecule has 29 heavy (non-hydrogen) atoms. The number of benzene rings is 1. The van der Waals surface area contributed by atoms with Crippen LogP contribution in [0.25, 0.3) is 0 Å². The zero-order chi connectivity index (χ0) is 21.0. The van der Waals surface area contributed by atoms with Crippen molar-refractivity contribution in [2.75, 3.05) is 19.8 Å². The van der Waals surface area contributed by atoms with Gasteiger partial charge in [-0.3, -0.25) is 0 Å². The lowest BCUT2D eigenvalue weighted by Crippen LogP contribution is -2.47. The molecule has 1 N–H and O–H groups in total. The van der Waals surface area contributed by atoms with Crippen molar-refractivity contribution in [1.29, 1.82) is 0 Å². The van der Waals surface area contributed by atoms with Gasteiger partial charge in [0.15, 0.2) is 11.5 Å². The average molecular weight is 400 g/mol. The third-order valence-corrected chi connectivity index (χ3v) is 5.48. The Morgan fingerprint density at radius 3 is 2.55 bits per heavy atom. The summed E-state index contributed by atoms with van der Waals surface area (Å²) in [5.41, 5.74) is 2.19. The normalized spacial score (nSPS) is 17.0. The molecule has 0 saturated carbocycles. The first kappa shape index (κ1) is 21.1. The predicted molar refractivity (Wildman–Crippen MR) is 114 cm³/mol. The van der Waals surface area contributed by atoms with E-state index in [-0.39, 0.29) is 24.0 Å². The second-order valence-electron chi connectivity index (χ2n) is 7.74. The molecule has 3 rings (SSSR count). The lowest BCUT2D eigenvalue weighted by molar-refractivity contribution is 0.156. The number of ether oxygens (including phenoxy) is 2. The summed E-state index contributed by atoms with van der Waals surface area (Å²) in [6.07, 6.45) is 2.08. The Balaban J connectivity index is 1.80. The van der Waals surface area contributed by atoms with Crippen LogP contribution in [0.15, 0.2) is 36.5 Å². The standard InChI is InChI=1S/C23H33N3O3/c1-6-28-20-11-10-18(15-21(20)29-7-2)22(16(3)4)24-23(27)26-14-13-25-12-8-9-19(25)17(26)5/h8-12,15-17,22H,6-7,13-14H2,1-5H3,(H,24,27). The minimum atomic E-state index is -0.113. The lowest BCUT2D eigenvalue weighted by Gasteiger charge is -2.36. The molecule has 0 spiro atoms. The molecule has 2 atom stereocenters. The summed E-state index contributed by atoms with van der Waals surface area (Å²) < 4.78 is 13.7. The summed E-state index contributed by atoms with van der Waals surface area (Å²) in [5, 5.41) is 3.26. The molecule has 0 saturated heterocycles. The molecular weight excluding hydrogens is 366 g/mol. The van der Waals surface area contributed by atoms with Crippen molar-refractivity contribution in [2.24, 2.45) is 5.92 Å². The van der Waals surface area contributed by atoms with E-state index in [9.17, 15) is 4.79 Å². The Labute approximate surface area is 173 Å². The molecular formula is C23H33N3O3. The van der Waals surface area contributed by atoms with Crippen LogP contribution in [-0.2, 0) is 6.54 Å². The van der Waals surface area contributed by atoms with E-state index in [1.165, 1.54) is 5.69 Å². The topological polar surface area (TPSA) is 55.7 Å². The Morgan fingerprint density at radius 2 is 1.86 bits per heavy atom. The molecule has 158 valence electrons. The number of urea groups is 1. The first-order valence-corrected chi connectivity index (χ1v) is 10.6. The number of hydrogen-bond donors (Lipinski definition) is 1. The highest BCUT2D eigenvalue weighted by molar-refractivity contribution is 5.75. The molecule has 0 aliphatic carbocycles. The van der Waals surface area contributed by atoms with Gasteiger partial charge in [0.05, 0.1) is 25.3 Å². The highest BCUT2D eigenvalue weighted by atomic mass is 16.5. The lowest BCUT2D eigenvalue weighted by atomic mass is 9.95. The Hall–Kier alpha value is -2.63. The smallest absolute Gasteiger partial charge is 0.318 e. The molecule has 6 heteroatoms. The van der Waals surface area contributed by atoms with Gasteiger partial charge in [0.25, 0.3) is 0 Å². The zero-order valence-electron chi connectivity index (χ0n) is 18.1. The largest absolute Gasteiger partial charge is 0.490 e. The predicted octanol–water partition coefficient (Wildman–Crippen LogP) is 4.77. The molecule has 0 fully saturated rings. The highest BCUT2D eigenvalue weighted by Gasteiger charge is 2.30. The quantitative estimate of drug-likeness (QED) is 0.730. The van der Waals surface area contributed by atoms with Gasteiger partial charge in [0.2, 0.25) is 0 Å². The number of nitrogens with zero attached hydrogens (tertiary/aromatic N) is 2. The Kier molecular flexibility index (Phi) is 6.72. The van der Waals surface area contributed by atoms with E-state index >= 15 is 0 Å². The van der Waals surface area contributed by atoms with Crippen LogP contribution in [0.4, 0.5) is 4.79 Å². The average Bonchev–Trinajstić information content (AvgIpc) is 3.17. The molecule has 2 amide bonds. The number of aromatic nitrogens is 1. The third kappa shape index (κ3) is 4.52. The van der Waals surface area contributed by atoms with Gasteiger partial charge in [0.1, 0.15) is 0 Å². The van der Waals surface area contributed by atoms with Gasteiger partial charge in [-0.25, -0.2) is 4.79 Å². The Bertz CT molecular complexity index is 831. The molecule has 0 radical (unpaired) electrons. The SMILES string of the molecule is CCOc1ccc(C(NC(=O)N2CCn3cccc3C2C)C(C)C)cc1OCC. The molecule has 0 bridgehead atoms. The van der Waals surface area contributed by atoms with Crippen LogP contribution in [0.3, 0.4) is 0 Å². The van der Waals surface area contributed by atoms with Crippen molar-refractivity contribution < 1.29 is 14.3 Å². The van der Waals surface area contributed by atoms with Crippen molar-refractivity contribution in [3.8, 4) is 11.5 Å². The number of hydrogen-bond acceptors (Lipinski definition) is 3. The van der Waals surface area contributed by atoms with Crippen LogP contribution in [0.5, 0.6) is 11.5 Å². The first-order valence-electron chi connectivity index (χ1n) is 10.6. The first-order chi connectivity index (χ1) is 14.0. The van der Waals surface area contributed by atoms with Gasteiger partial charge in [0, 0.05) is 25.0 Å².